The molecule has 0 unspecified atom stereocenters. The Morgan fingerprint density at radius 3 is 2.50 bits per heavy atom. The van der Waals surface area contributed by atoms with Crippen LogP contribution in [0.2, 0.25) is 5.02 Å². The number of ether oxygens (including phenoxy) is 2. The third-order valence-electron chi connectivity index (χ3n) is 3.48. The smallest absolute Gasteiger partial charge is 0.261 e. The van der Waals surface area contributed by atoms with Crippen LogP contribution in [0.25, 0.3) is 0 Å². The Labute approximate surface area is 147 Å². The summed E-state index contributed by atoms with van der Waals surface area (Å²) in [7, 11) is 0. The number of carbonyl (C=O) groups excluding carboxylic acids is 1. The number of para-hydroxylation sites is 1. The minimum absolute atomic E-state index is 0.154. The molecule has 5 heteroatoms. The lowest BCUT2D eigenvalue weighted by Gasteiger charge is -2.18. The number of halogens is 1. The SMILES string of the molecule is CCOc1ccccc1CNC(=O)[C@H](CC)Oc1ccc(Cl)cc1. The summed E-state index contributed by atoms with van der Waals surface area (Å²) in [6.07, 6.45) is 0.0205. The Bertz CT molecular complexity index is 658. The molecule has 0 fully saturated rings. The second-order valence-corrected chi connectivity index (χ2v) is 5.66. The van der Waals surface area contributed by atoms with Crippen LogP contribution >= 0.6 is 11.6 Å². The van der Waals surface area contributed by atoms with Crippen molar-refractivity contribution in [1.82, 2.24) is 5.32 Å². The zero-order valence-electron chi connectivity index (χ0n) is 13.9. The molecule has 0 aliphatic rings. The molecule has 128 valence electrons. The minimum Gasteiger partial charge on any atom is -0.494 e. The molecule has 0 spiro atoms. The summed E-state index contributed by atoms with van der Waals surface area (Å²) in [4.78, 5) is 12.4. The maximum atomic E-state index is 12.4. The van der Waals surface area contributed by atoms with Crippen LogP contribution < -0.4 is 14.8 Å². The first kappa shape index (κ1) is 18.1. The molecule has 0 radical (unpaired) electrons. The molecular weight excluding hydrogens is 326 g/mol. The van der Waals surface area contributed by atoms with Gasteiger partial charge in [-0.3, -0.25) is 4.79 Å². The van der Waals surface area contributed by atoms with E-state index < -0.39 is 6.10 Å². The fourth-order valence-electron chi connectivity index (χ4n) is 2.24. The van der Waals surface area contributed by atoms with E-state index in [9.17, 15) is 4.79 Å². The summed E-state index contributed by atoms with van der Waals surface area (Å²) in [6, 6.07) is 14.6. The summed E-state index contributed by atoms with van der Waals surface area (Å²) in [5.41, 5.74) is 0.939. The molecule has 2 aromatic rings. The Morgan fingerprint density at radius 2 is 1.83 bits per heavy atom. The molecule has 0 saturated heterocycles. The van der Waals surface area contributed by atoms with Crippen molar-refractivity contribution < 1.29 is 14.3 Å². The normalized spacial score (nSPS) is 11.6. The van der Waals surface area contributed by atoms with Gasteiger partial charge in [-0.15, -0.1) is 0 Å². The molecule has 2 aromatic carbocycles. The second-order valence-electron chi connectivity index (χ2n) is 5.23. The van der Waals surface area contributed by atoms with Gasteiger partial charge in [0.15, 0.2) is 6.10 Å². The number of rotatable bonds is 8. The quantitative estimate of drug-likeness (QED) is 0.778. The molecule has 24 heavy (non-hydrogen) atoms. The van der Waals surface area contributed by atoms with Crippen LogP contribution in [0.4, 0.5) is 0 Å². The monoisotopic (exact) mass is 347 g/mol. The van der Waals surface area contributed by atoms with Crippen molar-refractivity contribution in [3.05, 3.63) is 59.1 Å². The highest BCUT2D eigenvalue weighted by molar-refractivity contribution is 6.30. The van der Waals surface area contributed by atoms with Crippen molar-refractivity contribution in [2.24, 2.45) is 0 Å². The summed E-state index contributed by atoms with van der Waals surface area (Å²) in [5.74, 6) is 1.25. The third-order valence-corrected chi connectivity index (χ3v) is 3.73. The molecule has 0 aliphatic heterocycles. The molecule has 1 atom stereocenters. The number of hydrogen-bond acceptors (Lipinski definition) is 3. The van der Waals surface area contributed by atoms with E-state index in [1.807, 2.05) is 38.1 Å². The van der Waals surface area contributed by atoms with Crippen molar-refractivity contribution in [2.75, 3.05) is 6.61 Å². The molecule has 1 N–H and O–H groups in total. The highest BCUT2D eigenvalue weighted by atomic mass is 35.5. The molecule has 0 heterocycles. The van der Waals surface area contributed by atoms with Crippen LogP contribution in [0.3, 0.4) is 0 Å². The summed E-state index contributed by atoms with van der Waals surface area (Å²) in [5, 5.41) is 3.54. The van der Waals surface area contributed by atoms with Crippen LogP contribution in [0.15, 0.2) is 48.5 Å². The fraction of sp³-hybridized carbons (Fsp3) is 0.316. The summed E-state index contributed by atoms with van der Waals surface area (Å²) >= 11 is 5.86. The second kappa shape index (κ2) is 9.18. The van der Waals surface area contributed by atoms with E-state index >= 15 is 0 Å². The predicted molar refractivity (Wildman–Crippen MR) is 95.6 cm³/mol. The van der Waals surface area contributed by atoms with Gasteiger partial charge >= 0.3 is 0 Å². The van der Waals surface area contributed by atoms with Gasteiger partial charge in [-0.2, -0.15) is 0 Å². The first-order chi connectivity index (χ1) is 11.6. The highest BCUT2D eigenvalue weighted by Crippen LogP contribution is 2.19. The lowest BCUT2D eigenvalue weighted by Crippen LogP contribution is -2.37. The Morgan fingerprint density at radius 1 is 1.12 bits per heavy atom. The molecule has 0 aliphatic carbocycles. The fourth-order valence-corrected chi connectivity index (χ4v) is 2.37. The largest absolute Gasteiger partial charge is 0.494 e. The predicted octanol–water partition coefficient (Wildman–Crippen LogP) is 4.21. The van der Waals surface area contributed by atoms with E-state index in [0.717, 1.165) is 11.3 Å². The zero-order chi connectivity index (χ0) is 17.4. The molecule has 4 nitrogen and oxygen atoms in total. The maximum Gasteiger partial charge on any atom is 0.261 e. The molecule has 0 saturated carbocycles. The average molecular weight is 348 g/mol. The van der Waals surface area contributed by atoms with Crippen LogP contribution in [-0.2, 0) is 11.3 Å². The summed E-state index contributed by atoms with van der Waals surface area (Å²) < 4.78 is 11.3. The highest BCUT2D eigenvalue weighted by Gasteiger charge is 2.18. The van der Waals surface area contributed by atoms with Gasteiger partial charge in [0, 0.05) is 17.1 Å². The molecule has 1 amide bonds. The van der Waals surface area contributed by atoms with E-state index in [1.54, 1.807) is 24.3 Å². The average Bonchev–Trinajstić information content (AvgIpc) is 2.60. The van der Waals surface area contributed by atoms with Crippen LogP contribution in [0, 0.1) is 0 Å². The van der Waals surface area contributed by atoms with Gasteiger partial charge in [0.1, 0.15) is 11.5 Å². The Balaban J connectivity index is 1.96. The first-order valence-corrected chi connectivity index (χ1v) is 8.42. The van der Waals surface area contributed by atoms with Crippen molar-refractivity contribution >= 4 is 17.5 Å². The van der Waals surface area contributed by atoms with Gasteiger partial charge in [-0.25, -0.2) is 0 Å². The van der Waals surface area contributed by atoms with Crippen molar-refractivity contribution in [2.45, 2.75) is 32.9 Å². The van der Waals surface area contributed by atoms with Crippen LogP contribution in [0.5, 0.6) is 11.5 Å². The van der Waals surface area contributed by atoms with Crippen molar-refractivity contribution in [3.8, 4) is 11.5 Å². The van der Waals surface area contributed by atoms with Gasteiger partial charge in [-0.1, -0.05) is 36.7 Å². The third kappa shape index (κ3) is 5.17. The topological polar surface area (TPSA) is 47.6 Å². The summed E-state index contributed by atoms with van der Waals surface area (Å²) in [6.45, 7) is 4.83. The van der Waals surface area contributed by atoms with Gasteiger partial charge in [0.2, 0.25) is 0 Å². The first-order valence-electron chi connectivity index (χ1n) is 8.04. The van der Waals surface area contributed by atoms with Gasteiger partial charge in [0.05, 0.1) is 6.61 Å². The van der Waals surface area contributed by atoms with Gasteiger partial charge in [0.25, 0.3) is 5.91 Å². The molecule has 2 rings (SSSR count). The van der Waals surface area contributed by atoms with Gasteiger partial charge < -0.3 is 14.8 Å². The van der Waals surface area contributed by atoms with Gasteiger partial charge in [-0.05, 0) is 43.7 Å². The Kier molecular flexibility index (Phi) is 6.94. The Hall–Kier alpha value is -2.20. The van der Waals surface area contributed by atoms with Crippen molar-refractivity contribution in [1.29, 1.82) is 0 Å². The van der Waals surface area contributed by atoms with Crippen LogP contribution in [0.1, 0.15) is 25.8 Å². The van der Waals surface area contributed by atoms with E-state index in [-0.39, 0.29) is 5.91 Å². The number of carbonyl (C=O) groups is 1. The number of amides is 1. The van der Waals surface area contributed by atoms with Crippen molar-refractivity contribution in [3.63, 3.8) is 0 Å². The van der Waals surface area contributed by atoms with E-state index in [1.165, 1.54) is 0 Å². The van der Waals surface area contributed by atoms with Crippen LogP contribution in [-0.4, -0.2) is 18.6 Å². The maximum absolute atomic E-state index is 12.4. The van der Waals surface area contributed by atoms with E-state index in [0.29, 0.717) is 30.3 Å². The lowest BCUT2D eigenvalue weighted by atomic mass is 10.2. The van der Waals surface area contributed by atoms with E-state index in [4.69, 9.17) is 21.1 Å². The molecule has 0 aromatic heterocycles. The standard InChI is InChI=1S/C19H22ClNO3/c1-3-17(24-16-11-9-15(20)10-12-16)19(22)21-13-14-7-5-6-8-18(14)23-4-2/h5-12,17H,3-4,13H2,1-2H3,(H,21,22)/t17-/m0/s1. The number of benzene rings is 2. The minimum atomic E-state index is -0.551. The van der Waals surface area contributed by atoms with E-state index in [2.05, 4.69) is 5.32 Å². The molecule has 0 bridgehead atoms. The molecular formula is C19H22ClNO3. The zero-order valence-corrected chi connectivity index (χ0v) is 14.7. The lowest BCUT2D eigenvalue weighted by molar-refractivity contribution is -0.128. The number of hydrogen-bond donors (Lipinski definition) is 1. The number of nitrogens with one attached hydrogen (secondary N) is 1.